The number of hydrogen-bond acceptors (Lipinski definition) is 3. The summed E-state index contributed by atoms with van der Waals surface area (Å²) in [6.07, 6.45) is -1.74. The third-order valence-electron chi connectivity index (χ3n) is 4.17. The van der Waals surface area contributed by atoms with Crippen LogP contribution in [0.3, 0.4) is 0 Å². The molecule has 0 fully saturated rings. The summed E-state index contributed by atoms with van der Waals surface area (Å²) < 4.78 is 40.2. The van der Waals surface area contributed by atoms with Gasteiger partial charge in [0.15, 0.2) is 0 Å². The van der Waals surface area contributed by atoms with Gasteiger partial charge in [0.2, 0.25) is 0 Å². The van der Waals surface area contributed by atoms with Crippen molar-refractivity contribution in [1.29, 1.82) is 0 Å². The molecule has 0 aliphatic carbocycles. The highest BCUT2D eigenvalue weighted by Gasteiger charge is 2.32. The van der Waals surface area contributed by atoms with Crippen molar-refractivity contribution in [3.63, 3.8) is 0 Å². The first-order chi connectivity index (χ1) is 12.8. The maximum Gasteiger partial charge on any atom is 0.416 e. The largest absolute Gasteiger partial charge is 0.416 e. The molecule has 2 aromatic heterocycles. The Hall–Kier alpha value is -2.94. The predicted octanol–water partition coefficient (Wildman–Crippen LogP) is 4.01. The highest BCUT2D eigenvalue weighted by molar-refractivity contribution is 9.10. The van der Waals surface area contributed by atoms with Gasteiger partial charge in [-0.3, -0.25) is 9.78 Å². The number of alkyl halides is 3. The molecule has 0 amide bonds. The van der Waals surface area contributed by atoms with Gasteiger partial charge in [-0.2, -0.15) is 13.2 Å². The van der Waals surface area contributed by atoms with E-state index in [4.69, 9.17) is 0 Å². The molecule has 9 heteroatoms. The summed E-state index contributed by atoms with van der Waals surface area (Å²) in [4.78, 5) is 32.0. The van der Waals surface area contributed by atoms with Crippen molar-refractivity contribution in [2.75, 3.05) is 0 Å². The monoisotopic (exact) mass is 435 g/mol. The molecule has 5 nitrogen and oxygen atoms in total. The van der Waals surface area contributed by atoms with Gasteiger partial charge in [-0.15, -0.1) is 0 Å². The van der Waals surface area contributed by atoms with Crippen LogP contribution in [0, 0.1) is 0 Å². The van der Waals surface area contributed by atoms with Gasteiger partial charge in [0.05, 0.1) is 28.4 Å². The van der Waals surface area contributed by atoms with E-state index < -0.39 is 23.0 Å². The maximum absolute atomic E-state index is 13.1. The van der Waals surface area contributed by atoms with Gasteiger partial charge in [0.25, 0.3) is 5.56 Å². The van der Waals surface area contributed by atoms with Gasteiger partial charge < -0.3 is 4.98 Å². The van der Waals surface area contributed by atoms with Crippen LogP contribution in [0.2, 0.25) is 0 Å². The molecule has 0 saturated heterocycles. The minimum atomic E-state index is -4.63. The molecule has 0 bridgehead atoms. The Morgan fingerprint density at radius 1 is 1.04 bits per heavy atom. The summed E-state index contributed by atoms with van der Waals surface area (Å²) in [7, 11) is 0. The zero-order valence-corrected chi connectivity index (χ0v) is 14.9. The topological polar surface area (TPSA) is 67.8 Å². The number of hydrogen-bond donors (Lipinski definition) is 1. The van der Waals surface area contributed by atoms with Crippen LogP contribution in [0.1, 0.15) is 5.56 Å². The number of benzene rings is 2. The Morgan fingerprint density at radius 2 is 1.78 bits per heavy atom. The molecule has 2 heterocycles. The van der Waals surface area contributed by atoms with Crippen LogP contribution < -0.4 is 11.2 Å². The van der Waals surface area contributed by atoms with E-state index in [0.29, 0.717) is 10.8 Å². The summed E-state index contributed by atoms with van der Waals surface area (Å²) in [6, 6.07) is 8.50. The Labute approximate surface area is 157 Å². The number of pyridine rings is 1. The Morgan fingerprint density at radius 3 is 2.52 bits per heavy atom. The number of nitrogens with zero attached hydrogens (tertiary/aromatic N) is 2. The van der Waals surface area contributed by atoms with Crippen molar-refractivity contribution in [3.05, 3.63) is 79.7 Å². The second kappa shape index (κ2) is 6.05. The molecule has 136 valence electrons. The predicted molar refractivity (Wildman–Crippen MR) is 98.2 cm³/mol. The first-order valence-electron chi connectivity index (χ1n) is 7.66. The zero-order chi connectivity index (χ0) is 19.3. The maximum atomic E-state index is 13.1. The second-order valence-corrected chi connectivity index (χ2v) is 6.68. The van der Waals surface area contributed by atoms with Gasteiger partial charge in [0.1, 0.15) is 0 Å². The zero-order valence-electron chi connectivity index (χ0n) is 13.3. The molecule has 0 aliphatic rings. The molecular formula is C18H9BrF3N3O2. The van der Waals surface area contributed by atoms with E-state index in [9.17, 15) is 22.8 Å². The summed E-state index contributed by atoms with van der Waals surface area (Å²) in [5.74, 6) is 0. The van der Waals surface area contributed by atoms with E-state index in [1.54, 1.807) is 30.5 Å². The molecule has 0 spiro atoms. The van der Waals surface area contributed by atoms with Crippen LogP contribution in [0.5, 0.6) is 0 Å². The fourth-order valence-electron chi connectivity index (χ4n) is 2.94. The van der Waals surface area contributed by atoms with Crippen LogP contribution in [0.4, 0.5) is 13.2 Å². The van der Waals surface area contributed by atoms with Gasteiger partial charge in [0, 0.05) is 21.4 Å². The van der Waals surface area contributed by atoms with E-state index in [2.05, 4.69) is 25.9 Å². The SMILES string of the molecule is O=c1[nH]c2c(Br)cc(C(F)(F)F)cc2c(=O)n1-c1cncc2ccccc12. The lowest BCUT2D eigenvalue weighted by molar-refractivity contribution is -0.137. The van der Waals surface area contributed by atoms with E-state index in [0.717, 1.165) is 16.7 Å². The molecule has 0 radical (unpaired) electrons. The number of rotatable bonds is 1. The van der Waals surface area contributed by atoms with E-state index >= 15 is 0 Å². The van der Waals surface area contributed by atoms with Crippen molar-refractivity contribution >= 4 is 37.6 Å². The minimum absolute atomic E-state index is 0.00226. The summed E-state index contributed by atoms with van der Waals surface area (Å²) in [6.45, 7) is 0. The highest BCUT2D eigenvalue weighted by Crippen LogP contribution is 2.33. The third-order valence-corrected chi connectivity index (χ3v) is 4.80. The average molecular weight is 436 g/mol. The van der Waals surface area contributed by atoms with E-state index in [1.807, 2.05) is 0 Å². The van der Waals surface area contributed by atoms with Crippen LogP contribution in [-0.4, -0.2) is 14.5 Å². The van der Waals surface area contributed by atoms with Gasteiger partial charge in [-0.05, 0) is 28.1 Å². The number of aromatic amines is 1. The van der Waals surface area contributed by atoms with Crippen LogP contribution in [0.25, 0.3) is 27.4 Å². The molecule has 0 aliphatic heterocycles. The van der Waals surface area contributed by atoms with Crippen molar-refractivity contribution in [3.8, 4) is 5.69 Å². The Bertz CT molecular complexity index is 1320. The Balaban J connectivity index is 2.13. The highest BCUT2D eigenvalue weighted by atomic mass is 79.9. The first-order valence-corrected chi connectivity index (χ1v) is 8.45. The quantitative estimate of drug-likeness (QED) is 0.491. The van der Waals surface area contributed by atoms with Gasteiger partial charge in [-0.25, -0.2) is 9.36 Å². The van der Waals surface area contributed by atoms with Crippen LogP contribution >= 0.6 is 15.9 Å². The molecular weight excluding hydrogens is 427 g/mol. The van der Waals surface area contributed by atoms with Gasteiger partial charge in [-0.1, -0.05) is 24.3 Å². The number of aromatic nitrogens is 3. The summed E-state index contributed by atoms with van der Waals surface area (Å²) in [5, 5.41) is 1.00. The fraction of sp³-hybridized carbons (Fsp3) is 0.0556. The van der Waals surface area contributed by atoms with Crippen molar-refractivity contribution in [1.82, 2.24) is 14.5 Å². The number of nitrogens with one attached hydrogen (secondary N) is 1. The Kier molecular flexibility index (Phi) is 3.92. The summed E-state index contributed by atoms with van der Waals surface area (Å²) in [5.41, 5.74) is -2.43. The average Bonchev–Trinajstić information content (AvgIpc) is 2.62. The van der Waals surface area contributed by atoms with Crippen molar-refractivity contribution < 1.29 is 13.2 Å². The lowest BCUT2D eigenvalue weighted by Crippen LogP contribution is -2.34. The fourth-order valence-corrected chi connectivity index (χ4v) is 3.50. The lowest BCUT2D eigenvalue weighted by Gasteiger charge is -2.12. The van der Waals surface area contributed by atoms with Crippen LogP contribution in [-0.2, 0) is 6.18 Å². The smallest absolute Gasteiger partial charge is 0.305 e. The first kappa shape index (κ1) is 17.5. The van der Waals surface area contributed by atoms with E-state index in [-0.39, 0.29) is 21.1 Å². The van der Waals surface area contributed by atoms with E-state index in [1.165, 1.54) is 6.20 Å². The molecule has 4 aromatic rings. The number of halogens is 4. The van der Waals surface area contributed by atoms with Crippen molar-refractivity contribution in [2.45, 2.75) is 6.18 Å². The molecule has 4 rings (SSSR count). The molecule has 27 heavy (non-hydrogen) atoms. The molecule has 0 saturated carbocycles. The number of H-pyrrole nitrogens is 1. The third kappa shape index (κ3) is 2.84. The standard InChI is InChI=1S/C18H9BrF3N3O2/c19-13-6-10(18(20,21)22)5-12-15(13)24-17(27)25(16(12)26)14-8-23-7-9-3-1-2-4-11(9)14/h1-8H,(H,24,27). The lowest BCUT2D eigenvalue weighted by atomic mass is 10.1. The number of fused-ring (bicyclic) bond motifs is 2. The molecule has 0 atom stereocenters. The van der Waals surface area contributed by atoms with Gasteiger partial charge >= 0.3 is 11.9 Å². The molecule has 0 unspecified atom stereocenters. The minimum Gasteiger partial charge on any atom is -0.305 e. The van der Waals surface area contributed by atoms with Crippen LogP contribution in [0.15, 0.2) is 62.9 Å². The normalized spacial score (nSPS) is 12.0. The molecule has 2 aromatic carbocycles. The van der Waals surface area contributed by atoms with Crippen molar-refractivity contribution in [2.24, 2.45) is 0 Å². The summed E-state index contributed by atoms with van der Waals surface area (Å²) >= 11 is 3.00. The molecule has 1 N–H and O–H groups in total. The second-order valence-electron chi connectivity index (χ2n) is 5.83.